The minimum atomic E-state index is -0.270. The number of aromatic nitrogens is 3. The van der Waals surface area contributed by atoms with E-state index in [0.29, 0.717) is 28.6 Å². The Kier molecular flexibility index (Phi) is 3.23. The number of carbonyl (C=O) groups is 1. The summed E-state index contributed by atoms with van der Waals surface area (Å²) in [6, 6.07) is 7.14. The topological polar surface area (TPSA) is 94.1 Å². The fourth-order valence-corrected chi connectivity index (χ4v) is 2.03. The number of anilines is 1. The maximum Gasteiger partial charge on any atom is 0.261 e. The van der Waals surface area contributed by atoms with Gasteiger partial charge in [0.1, 0.15) is 11.3 Å². The van der Waals surface area contributed by atoms with Crippen molar-refractivity contribution in [1.29, 1.82) is 0 Å². The highest BCUT2D eigenvalue weighted by atomic mass is 16.5. The Balaban J connectivity index is 1.86. The lowest BCUT2D eigenvalue weighted by Crippen LogP contribution is -2.13. The van der Waals surface area contributed by atoms with Crippen molar-refractivity contribution in [2.75, 3.05) is 5.32 Å². The van der Waals surface area contributed by atoms with Crippen molar-refractivity contribution in [1.82, 2.24) is 15.4 Å². The fraction of sp³-hybridized carbons (Fsp3) is 0.143. The molecule has 106 valence electrons. The SMILES string of the molecule is Cc1noc(C)c1C(=O)Nc1cccc(-c2nnco2)c1. The van der Waals surface area contributed by atoms with Gasteiger partial charge in [-0.25, -0.2) is 0 Å². The van der Waals surface area contributed by atoms with Gasteiger partial charge in [0.25, 0.3) is 5.91 Å². The molecule has 2 heterocycles. The third-order valence-electron chi connectivity index (χ3n) is 2.99. The van der Waals surface area contributed by atoms with Gasteiger partial charge in [-0.3, -0.25) is 4.79 Å². The zero-order chi connectivity index (χ0) is 14.8. The predicted octanol–water partition coefficient (Wildman–Crippen LogP) is 2.59. The zero-order valence-electron chi connectivity index (χ0n) is 11.5. The van der Waals surface area contributed by atoms with Gasteiger partial charge < -0.3 is 14.3 Å². The Hall–Kier alpha value is -2.96. The van der Waals surface area contributed by atoms with Crippen LogP contribution in [0, 0.1) is 13.8 Å². The summed E-state index contributed by atoms with van der Waals surface area (Å²) in [7, 11) is 0. The number of benzene rings is 1. The van der Waals surface area contributed by atoms with Gasteiger partial charge >= 0.3 is 0 Å². The maximum absolute atomic E-state index is 12.3. The molecule has 3 aromatic rings. The molecule has 0 atom stereocenters. The van der Waals surface area contributed by atoms with Crippen LogP contribution in [0.3, 0.4) is 0 Å². The van der Waals surface area contributed by atoms with Crippen molar-refractivity contribution in [3.63, 3.8) is 0 Å². The van der Waals surface area contributed by atoms with Crippen LogP contribution in [-0.2, 0) is 0 Å². The normalized spacial score (nSPS) is 10.6. The Morgan fingerprint density at radius 3 is 2.81 bits per heavy atom. The number of nitrogens with one attached hydrogen (secondary N) is 1. The van der Waals surface area contributed by atoms with E-state index in [0.717, 1.165) is 5.56 Å². The lowest BCUT2D eigenvalue weighted by atomic mass is 10.1. The van der Waals surface area contributed by atoms with Crippen molar-refractivity contribution < 1.29 is 13.7 Å². The van der Waals surface area contributed by atoms with Crippen LogP contribution in [0.25, 0.3) is 11.5 Å². The highest BCUT2D eigenvalue weighted by Crippen LogP contribution is 2.21. The molecule has 3 rings (SSSR count). The van der Waals surface area contributed by atoms with Crippen LogP contribution < -0.4 is 5.32 Å². The Labute approximate surface area is 120 Å². The first-order valence-corrected chi connectivity index (χ1v) is 6.26. The van der Waals surface area contributed by atoms with E-state index in [1.54, 1.807) is 32.0 Å². The number of rotatable bonds is 3. The summed E-state index contributed by atoms with van der Waals surface area (Å²) >= 11 is 0. The monoisotopic (exact) mass is 284 g/mol. The molecule has 7 heteroatoms. The van der Waals surface area contributed by atoms with Crippen LogP contribution in [0.1, 0.15) is 21.8 Å². The Morgan fingerprint density at radius 2 is 2.14 bits per heavy atom. The number of carbonyl (C=O) groups excluding carboxylic acids is 1. The number of hydrogen-bond acceptors (Lipinski definition) is 6. The lowest BCUT2D eigenvalue weighted by Gasteiger charge is -2.05. The van der Waals surface area contributed by atoms with Gasteiger partial charge in [-0.15, -0.1) is 10.2 Å². The van der Waals surface area contributed by atoms with Gasteiger partial charge in [-0.1, -0.05) is 11.2 Å². The third-order valence-corrected chi connectivity index (χ3v) is 2.99. The van der Waals surface area contributed by atoms with E-state index in [1.807, 2.05) is 6.07 Å². The summed E-state index contributed by atoms with van der Waals surface area (Å²) in [4.78, 5) is 12.3. The van der Waals surface area contributed by atoms with Crippen LogP contribution in [0.2, 0.25) is 0 Å². The molecule has 0 aliphatic rings. The number of hydrogen-bond donors (Lipinski definition) is 1. The number of amides is 1. The van der Waals surface area contributed by atoms with E-state index in [-0.39, 0.29) is 5.91 Å². The minimum absolute atomic E-state index is 0.270. The molecule has 0 spiro atoms. The maximum atomic E-state index is 12.3. The number of aryl methyl sites for hydroxylation is 2. The molecular formula is C14H12N4O3. The van der Waals surface area contributed by atoms with E-state index >= 15 is 0 Å². The molecular weight excluding hydrogens is 272 g/mol. The van der Waals surface area contributed by atoms with E-state index in [9.17, 15) is 4.79 Å². The quantitative estimate of drug-likeness (QED) is 0.794. The molecule has 0 aliphatic heterocycles. The van der Waals surface area contributed by atoms with Gasteiger partial charge in [0.2, 0.25) is 12.3 Å². The van der Waals surface area contributed by atoms with E-state index in [2.05, 4.69) is 20.7 Å². The molecule has 0 saturated heterocycles. The van der Waals surface area contributed by atoms with Gasteiger partial charge in [0.15, 0.2) is 0 Å². The minimum Gasteiger partial charge on any atom is -0.423 e. The van der Waals surface area contributed by atoms with Crippen LogP contribution in [0.4, 0.5) is 5.69 Å². The molecule has 0 unspecified atom stereocenters. The molecule has 0 radical (unpaired) electrons. The summed E-state index contributed by atoms with van der Waals surface area (Å²) in [5.74, 6) is 0.607. The predicted molar refractivity (Wildman–Crippen MR) is 73.7 cm³/mol. The molecule has 7 nitrogen and oxygen atoms in total. The van der Waals surface area contributed by atoms with Crippen molar-refractivity contribution >= 4 is 11.6 Å². The van der Waals surface area contributed by atoms with E-state index in [1.165, 1.54) is 6.39 Å². The largest absolute Gasteiger partial charge is 0.423 e. The molecule has 2 aromatic heterocycles. The first-order valence-electron chi connectivity index (χ1n) is 6.26. The van der Waals surface area contributed by atoms with Gasteiger partial charge in [0.05, 0.1) is 5.69 Å². The second-order valence-corrected chi connectivity index (χ2v) is 4.48. The number of nitrogens with zero attached hydrogens (tertiary/aromatic N) is 3. The molecule has 0 fully saturated rings. The Bertz CT molecular complexity index is 758. The van der Waals surface area contributed by atoms with E-state index in [4.69, 9.17) is 8.94 Å². The van der Waals surface area contributed by atoms with Crippen molar-refractivity contribution in [2.24, 2.45) is 0 Å². The van der Waals surface area contributed by atoms with Gasteiger partial charge in [-0.2, -0.15) is 0 Å². The Morgan fingerprint density at radius 1 is 1.29 bits per heavy atom. The first-order chi connectivity index (χ1) is 10.1. The highest BCUT2D eigenvalue weighted by molar-refractivity contribution is 6.05. The molecule has 1 amide bonds. The lowest BCUT2D eigenvalue weighted by molar-refractivity contribution is 0.102. The fourth-order valence-electron chi connectivity index (χ4n) is 2.03. The average molecular weight is 284 g/mol. The summed E-state index contributed by atoms with van der Waals surface area (Å²) in [6.45, 7) is 3.42. The molecule has 1 aromatic carbocycles. The van der Waals surface area contributed by atoms with Crippen LogP contribution >= 0.6 is 0 Å². The summed E-state index contributed by atoms with van der Waals surface area (Å²) in [6.07, 6.45) is 1.25. The van der Waals surface area contributed by atoms with Crippen molar-refractivity contribution in [3.8, 4) is 11.5 Å². The van der Waals surface area contributed by atoms with Gasteiger partial charge in [0, 0.05) is 11.3 Å². The summed E-state index contributed by atoms with van der Waals surface area (Å²) in [5, 5.41) is 14.0. The average Bonchev–Trinajstić information content (AvgIpc) is 3.09. The molecule has 0 bridgehead atoms. The van der Waals surface area contributed by atoms with E-state index < -0.39 is 0 Å². The van der Waals surface area contributed by atoms with Gasteiger partial charge in [-0.05, 0) is 32.0 Å². The summed E-state index contributed by atoms with van der Waals surface area (Å²) < 4.78 is 10.1. The van der Waals surface area contributed by atoms with Crippen molar-refractivity contribution in [3.05, 3.63) is 47.7 Å². The van der Waals surface area contributed by atoms with Crippen molar-refractivity contribution in [2.45, 2.75) is 13.8 Å². The van der Waals surface area contributed by atoms with Crippen LogP contribution in [0.15, 0.2) is 39.6 Å². The molecule has 1 N–H and O–H groups in total. The molecule has 21 heavy (non-hydrogen) atoms. The standard InChI is InChI=1S/C14H12N4O3/c1-8-12(9(2)21-18-8)13(19)16-11-5-3-4-10(6-11)14-17-15-7-20-14/h3-7H,1-2H3,(H,16,19). The summed E-state index contributed by atoms with van der Waals surface area (Å²) in [5.41, 5.74) is 2.34. The highest BCUT2D eigenvalue weighted by Gasteiger charge is 2.17. The van der Waals surface area contributed by atoms with Crippen LogP contribution in [-0.4, -0.2) is 21.3 Å². The molecule has 0 aliphatic carbocycles. The zero-order valence-corrected chi connectivity index (χ0v) is 11.5. The smallest absolute Gasteiger partial charge is 0.261 e. The first kappa shape index (κ1) is 13.0. The van der Waals surface area contributed by atoms with Crippen LogP contribution in [0.5, 0.6) is 0 Å². The third kappa shape index (κ3) is 2.53. The molecule has 0 saturated carbocycles. The second-order valence-electron chi connectivity index (χ2n) is 4.48. The second kappa shape index (κ2) is 5.20.